The van der Waals surface area contributed by atoms with Gasteiger partial charge in [0.05, 0.1) is 6.07 Å². The van der Waals surface area contributed by atoms with Crippen LogP contribution in [0.4, 0.5) is 0 Å². The van der Waals surface area contributed by atoms with Crippen molar-refractivity contribution in [3.63, 3.8) is 0 Å². The fraction of sp³-hybridized carbons (Fsp3) is 0.714. The highest BCUT2D eigenvalue weighted by Gasteiger charge is 2.49. The number of carbonyl (C=O) groups is 1. The molecule has 1 fully saturated rings. The van der Waals surface area contributed by atoms with E-state index in [1.807, 2.05) is 41.5 Å². The number of nitriles is 1. The lowest BCUT2D eigenvalue weighted by atomic mass is 9.72. The molecule has 100 valence electrons. The highest BCUT2D eigenvalue weighted by atomic mass is 32.2. The topological polar surface area (TPSA) is 52.9 Å². The summed E-state index contributed by atoms with van der Waals surface area (Å²) in [6.45, 7) is 12.6. The Morgan fingerprint density at radius 3 is 2.39 bits per heavy atom. The van der Waals surface area contributed by atoms with Gasteiger partial charge in [-0.3, -0.25) is 10.1 Å². The Labute approximate surface area is 114 Å². The van der Waals surface area contributed by atoms with Gasteiger partial charge in [-0.2, -0.15) is 5.26 Å². The van der Waals surface area contributed by atoms with E-state index in [1.54, 1.807) is 6.08 Å². The summed E-state index contributed by atoms with van der Waals surface area (Å²) in [6.07, 6.45) is 1.70. The SMILES string of the molecule is CC(C)(C)SC(=O)/C=C1\CNC(C)(C#N)C1(C)C. The molecule has 0 aliphatic carbocycles. The van der Waals surface area contributed by atoms with E-state index in [-0.39, 0.29) is 15.3 Å². The predicted molar refractivity (Wildman–Crippen MR) is 76.2 cm³/mol. The largest absolute Gasteiger partial charge is 0.295 e. The summed E-state index contributed by atoms with van der Waals surface area (Å²) in [5.74, 6) is 0. The van der Waals surface area contributed by atoms with Crippen LogP contribution in [0.1, 0.15) is 41.5 Å². The van der Waals surface area contributed by atoms with Crippen LogP contribution < -0.4 is 5.32 Å². The fourth-order valence-electron chi connectivity index (χ4n) is 1.92. The minimum absolute atomic E-state index is 0.0644. The van der Waals surface area contributed by atoms with Crippen molar-refractivity contribution in [2.75, 3.05) is 6.54 Å². The molecule has 1 aliphatic rings. The number of carbonyl (C=O) groups excluding carboxylic acids is 1. The Kier molecular flexibility index (Phi) is 4.00. The molecule has 1 saturated heterocycles. The van der Waals surface area contributed by atoms with E-state index in [4.69, 9.17) is 0 Å². The third-order valence-corrected chi connectivity index (χ3v) is 4.54. The molecule has 0 radical (unpaired) electrons. The molecule has 18 heavy (non-hydrogen) atoms. The van der Waals surface area contributed by atoms with Crippen molar-refractivity contribution in [3.05, 3.63) is 11.6 Å². The summed E-state index contributed by atoms with van der Waals surface area (Å²) in [4.78, 5) is 12.0. The van der Waals surface area contributed by atoms with Gasteiger partial charge in [0.25, 0.3) is 0 Å². The summed E-state index contributed by atoms with van der Waals surface area (Å²) < 4.78 is -0.0805. The number of thioether (sulfide) groups is 1. The third kappa shape index (κ3) is 2.96. The lowest BCUT2D eigenvalue weighted by Crippen LogP contribution is -2.45. The van der Waals surface area contributed by atoms with Crippen LogP contribution >= 0.6 is 11.8 Å². The van der Waals surface area contributed by atoms with E-state index in [1.165, 1.54) is 11.8 Å². The van der Waals surface area contributed by atoms with Gasteiger partial charge in [-0.1, -0.05) is 46.4 Å². The van der Waals surface area contributed by atoms with Crippen LogP contribution in [0.25, 0.3) is 0 Å². The van der Waals surface area contributed by atoms with E-state index in [0.29, 0.717) is 6.54 Å². The minimum Gasteiger partial charge on any atom is -0.295 e. The molecule has 0 amide bonds. The maximum Gasteiger partial charge on any atom is 0.212 e. The first kappa shape index (κ1) is 15.3. The van der Waals surface area contributed by atoms with E-state index >= 15 is 0 Å². The fourth-order valence-corrected chi connectivity index (χ4v) is 2.72. The normalized spacial score (nSPS) is 29.3. The zero-order valence-electron chi connectivity index (χ0n) is 12.0. The maximum atomic E-state index is 12.0. The lowest BCUT2D eigenvalue weighted by molar-refractivity contribution is -0.107. The van der Waals surface area contributed by atoms with E-state index < -0.39 is 5.54 Å². The molecule has 0 aromatic heterocycles. The second-order valence-electron chi connectivity index (χ2n) is 6.42. The Bertz CT molecular complexity index is 426. The highest BCUT2D eigenvalue weighted by molar-refractivity contribution is 8.15. The van der Waals surface area contributed by atoms with Crippen LogP contribution in [0.15, 0.2) is 11.6 Å². The second kappa shape index (κ2) is 4.71. The van der Waals surface area contributed by atoms with Crippen LogP contribution in [-0.4, -0.2) is 21.9 Å². The first-order valence-corrected chi connectivity index (χ1v) is 6.94. The number of hydrogen-bond donors (Lipinski definition) is 1. The van der Waals surface area contributed by atoms with Gasteiger partial charge in [-0.05, 0) is 18.6 Å². The van der Waals surface area contributed by atoms with Crippen molar-refractivity contribution < 1.29 is 4.79 Å². The maximum absolute atomic E-state index is 12.0. The number of nitrogens with zero attached hydrogens (tertiary/aromatic N) is 1. The van der Waals surface area contributed by atoms with Gasteiger partial charge in [-0.25, -0.2) is 0 Å². The van der Waals surface area contributed by atoms with Gasteiger partial charge < -0.3 is 0 Å². The third-order valence-electron chi connectivity index (χ3n) is 3.61. The van der Waals surface area contributed by atoms with Crippen molar-refractivity contribution in [2.45, 2.75) is 51.8 Å². The summed E-state index contributed by atoms with van der Waals surface area (Å²) >= 11 is 1.33. The summed E-state index contributed by atoms with van der Waals surface area (Å²) in [7, 11) is 0. The van der Waals surface area contributed by atoms with Crippen LogP contribution in [0.5, 0.6) is 0 Å². The molecule has 0 aromatic rings. The molecule has 1 aliphatic heterocycles. The van der Waals surface area contributed by atoms with Crippen LogP contribution in [0.3, 0.4) is 0 Å². The average Bonchev–Trinajstić information content (AvgIpc) is 2.40. The monoisotopic (exact) mass is 266 g/mol. The highest BCUT2D eigenvalue weighted by Crippen LogP contribution is 2.42. The van der Waals surface area contributed by atoms with E-state index in [2.05, 4.69) is 11.4 Å². The van der Waals surface area contributed by atoms with Crippen molar-refractivity contribution in [1.82, 2.24) is 5.32 Å². The standard InChI is InChI=1S/C14H22N2OS/c1-12(2,3)18-11(17)7-10-8-16-14(6,9-15)13(10,4)5/h7,16H,8H2,1-6H3/b10-7+. The van der Waals surface area contributed by atoms with Gasteiger partial charge in [0.1, 0.15) is 5.54 Å². The molecule has 0 aromatic carbocycles. The molecule has 3 nitrogen and oxygen atoms in total. The van der Waals surface area contributed by atoms with Gasteiger partial charge in [0.2, 0.25) is 5.12 Å². The molecule has 0 saturated carbocycles. The zero-order valence-corrected chi connectivity index (χ0v) is 12.9. The molecule has 1 rings (SSSR count). The minimum atomic E-state index is -0.606. The molecule has 1 unspecified atom stereocenters. The molecule has 0 bridgehead atoms. The smallest absolute Gasteiger partial charge is 0.212 e. The quantitative estimate of drug-likeness (QED) is 0.741. The Balaban J connectivity index is 2.94. The average molecular weight is 266 g/mol. The van der Waals surface area contributed by atoms with Crippen molar-refractivity contribution in [1.29, 1.82) is 5.26 Å². The Morgan fingerprint density at radius 1 is 1.44 bits per heavy atom. The second-order valence-corrected chi connectivity index (χ2v) is 8.25. The summed E-state index contributed by atoms with van der Waals surface area (Å²) in [6, 6.07) is 2.31. The van der Waals surface area contributed by atoms with Crippen LogP contribution in [-0.2, 0) is 4.79 Å². The number of rotatable bonds is 1. The molecule has 1 N–H and O–H groups in total. The molecule has 4 heteroatoms. The van der Waals surface area contributed by atoms with Gasteiger partial charge in [0.15, 0.2) is 0 Å². The predicted octanol–water partition coefficient (Wildman–Crippen LogP) is 2.88. The summed E-state index contributed by atoms with van der Waals surface area (Å²) in [5, 5.41) is 12.5. The van der Waals surface area contributed by atoms with Crippen molar-refractivity contribution >= 4 is 16.9 Å². The molecule has 1 heterocycles. The van der Waals surface area contributed by atoms with Crippen molar-refractivity contribution in [3.8, 4) is 6.07 Å². The molecule has 1 atom stereocenters. The first-order chi connectivity index (χ1) is 8.02. The van der Waals surface area contributed by atoms with Crippen LogP contribution in [0, 0.1) is 16.7 Å². The Morgan fingerprint density at radius 2 is 2.00 bits per heavy atom. The summed E-state index contributed by atoms with van der Waals surface area (Å²) in [5.41, 5.74) is 0.0785. The Hall–Kier alpha value is -0.790. The van der Waals surface area contributed by atoms with E-state index in [9.17, 15) is 10.1 Å². The van der Waals surface area contributed by atoms with Gasteiger partial charge >= 0.3 is 0 Å². The molecular weight excluding hydrogens is 244 g/mol. The molecule has 0 spiro atoms. The molecular formula is C14H22N2OS. The number of nitrogens with one attached hydrogen (secondary N) is 1. The lowest BCUT2D eigenvalue weighted by Gasteiger charge is -2.32. The zero-order chi connectivity index (χ0) is 14.2. The number of hydrogen-bond acceptors (Lipinski definition) is 4. The van der Waals surface area contributed by atoms with Gasteiger partial charge in [0, 0.05) is 16.7 Å². The van der Waals surface area contributed by atoms with Crippen LogP contribution in [0.2, 0.25) is 0 Å². The van der Waals surface area contributed by atoms with E-state index in [0.717, 1.165) is 5.57 Å². The first-order valence-electron chi connectivity index (χ1n) is 6.12. The van der Waals surface area contributed by atoms with Gasteiger partial charge in [-0.15, -0.1) is 0 Å². The van der Waals surface area contributed by atoms with Crippen molar-refractivity contribution in [2.24, 2.45) is 5.41 Å².